The summed E-state index contributed by atoms with van der Waals surface area (Å²) in [4.78, 5) is 11.4. The molecule has 3 rings (SSSR count). The Bertz CT molecular complexity index is 732. The van der Waals surface area contributed by atoms with Gasteiger partial charge >= 0.3 is 12.1 Å². The van der Waals surface area contributed by atoms with E-state index in [-0.39, 0.29) is 18.7 Å². The zero-order valence-electron chi connectivity index (χ0n) is 12.4. The van der Waals surface area contributed by atoms with Crippen molar-refractivity contribution in [2.45, 2.75) is 37.6 Å². The third-order valence-corrected chi connectivity index (χ3v) is 3.84. The van der Waals surface area contributed by atoms with Crippen LogP contribution in [0.2, 0.25) is 0 Å². The number of alkyl halides is 3. The number of ether oxygens (including phenoxy) is 1. The molecule has 0 aromatic carbocycles. The van der Waals surface area contributed by atoms with Crippen molar-refractivity contribution >= 4 is 5.97 Å². The normalized spacial score (nSPS) is 21.3. The van der Waals surface area contributed by atoms with Crippen molar-refractivity contribution in [2.75, 3.05) is 6.61 Å². The van der Waals surface area contributed by atoms with Gasteiger partial charge < -0.3 is 14.3 Å². The number of hydrogen-bond acceptors (Lipinski definition) is 5. The standard InChI is InChI=1S/C14H14F3N3O4/c15-14(16,17)9-4-11(23-8-9)7-20-6-10(18-19-20)5-13(12(21)22)2-1-3-24-13/h4,6,8H,1-3,5,7H2,(H,21,22). The van der Waals surface area contributed by atoms with Gasteiger partial charge in [-0.25, -0.2) is 9.48 Å². The van der Waals surface area contributed by atoms with Crippen LogP contribution >= 0.6 is 0 Å². The number of furan rings is 1. The van der Waals surface area contributed by atoms with E-state index in [0.717, 1.165) is 6.07 Å². The molecule has 7 nitrogen and oxygen atoms in total. The van der Waals surface area contributed by atoms with Crippen molar-refractivity contribution in [3.63, 3.8) is 0 Å². The van der Waals surface area contributed by atoms with Crippen LogP contribution in [-0.4, -0.2) is 38.3 Å². The number of hydrogen-bond donors (Lipinski definition) is 1. The van der Waals surface area contributed by atoms with Crippen LogP contribution in [0.3, 0.4) is 0 Å². The van der Waals surface area contributed by atoms with E-state index in [2.05, 4.69) is 10.3 Å². The molecule has 130 valence electrons. The van der Waals surface area contributed by atoms with Crippen molar-refractivity contribution < 1.29 is 32.2 Å². The Kier molecular flexibility index (Phi) is 4.08. The summed E-state index contributed by atoms with van der Waals surface area (Å²) in [5.74, 6) is -0.987. The number of carbonyl (C=O) groups is 1. The second-order valence-corrected chi connectivity index (χ2v) is 5.64. The van der Waals surface area contributed by atoms with Crippen LogP contribution in [0.4, 0.5) is 13.2 Å². The summed E-state index contributed by atoms with van der Waals surface area (Å²) < 4.78 is 49.1. The van der Waals surface area contributed by atoms with Gasteiger partial charge in [-0.2, -0.15) is 13.2 Å². The fourth-order valence-corrected chi connectivity index (χ4v) is 2.64. The van der Waals surface area contributed by atoms with E-state index in [1.165, 1.54) is 10.9 Å². The van der Waals surface area contributed by atoms with E-state index in [1.54, 1.807) is 0 Å². The lowest BCUT2D eigenvalue weighted by molar-refractivity contribution is -0.160. The zero-order chi connectivity index (χ0) is 17.4. The lowest BCUT2D eigenvalue weighted by atomic mass is 9.95. The molecule has 3 heterocycles. The Morgan fingerprint density at radius 3 is 2.83 bits per heavy atom. The van der Waals surface area contributed by atoms with E-state index < -0.39 is 23.3 Å². The quantitative estimate of drug-likeness (QED) is 0.893. The van der Waals surface area contributed by atoms with Crippen molar-refractivity contribution in [1.29, 1.82) is 0 Å². The Morgan fingerprint density at radius 1 is 1.46 bits per heavy atom. The van der Waals surface area contributed by atoms with E-state index in [9.17, 15) is 23.1 Å². The maximum atomic E-state index is 12.5. The molecule has 2 aromatic heterocycles. The summed E-state index contributed by atoms with van der Waals surface area (Å²) in [5.41, 5.74) is -1.79. The fraction of sp³-hybridized carbons (Fsp3) is 0.500. The number of aromatic nitrogens is 3. The highest BCUT2D eigenvalue weighted by atomic mass is 19.4. The second-order valence-electron chi connectivity index (χ2n) is 5.64. The molecule has 0 saturated carbocycles. The van der Waals surface area contributed by atoms with E-state index in [0.29, 0.717) is 31.4 Å². The maximum Gasteiger partial charge on any atom is 0.419 e. The second kappa shape index (κ2) is 5.93. The molecule has 1 N–H and O–H groups in total. The van der Waals surface area contributed by atoms with Crippen LogP contribution in [0.5, 0.6) is 0 Å². The van der Waals surface area contributed by atoms with Crippen molar-refractivity contribution in [3.05, 3.63) is 35.5 Å². The van der Waals surface area contributed by atoms with Crippen LogP contribution in [0.1, 0.15) is 29.9 Å². The average molecular weight is 345 g/mol. The highest BCUT2D eigenvalue weighted by Crippen LogP contribution is 2.31. The van der Waals surface area contributed by atoms with Crippen LogP contribution in [0.25, 0.3) is 0 Å². The third kappa shape index (κ3) is 3.28. The first kappa shape index (κ1) is 16.5. The topological polar surface area (TPSA) is 90.4 Å². The van der Waals surface area contributed by atoms with Crippen molar-refractivity contribution in [1.82, 2.24) is 15.0 Å². The minimum atomic E-state index is -4.47. The molecule has 0 amide bonds. The molecule has 1 saturated heterocycles. The number of rotatable bonds is 5. The minimum Gasteiger partial charge on any atom is -0.479 e. The van der Waals surface area contributed by atoms with E-state index >= 15 is 0 Å². The molecular weight excluding hydrogens is 331 g/mol. The SMILES string of the molecule is O=C(O)C1(Cc2cn(Cc3cc(C(F)(F)F)co3)nn2)CCCO1. The summed E-state index contributed by atoms with van der Waals surface area (Å²) in [6, 6.07) is 0.889. The molecule has 0 aliphatic carbocycles. The van der Waals surface area contributed by atoms with E-state index in [4.69, 9.17) is 9.15 Å². The number of carboxylic acids is 1. The summed E-state index contributed by atoms with van der Waals surface area (Å²) in [6.45, 7) is 0.330. The largest absolute Gasteiger partial charge is 0.479 e. The Labute approximate surface area is 134 Å². The zero-order valence-corrected chi connectivity index (χ0v) is 12.4. The molecule has 1 aliphatic heterocycles. The molecule has 1 fully saturated rings. The molecule has 1 aliphatic rings. The van der Waals surface area contributed by atoms with Crippen molar-refractivity contribution in [3.8, 4) is 0 Å². The third-order valence-electron chi connectivity index (χ3n) is 3.84. The predicted molar refractivity (Wildman–Crippen MR) is 72.1 cm³/mol. The first-order chi connectivity index (χ1) is 11.3. The lowest BCUT2D eigenvalue weighted by Crippen LogP contribution is -2.40. The van der Waals surface area contributed by atoms with E-state index in [1.807, 2.05) is 0 Å². The smallest absolute Gasteiger partial charge is 0.419 e. The summed E-state index contributed by atoms with van der Waals surface area (Å²) in [7, 11) is 0. The summed E-state index contributed by atoms with van der Waals surface area (Å²) >= 11 is 0. The van der Waals surface area contributed by atoms with Gasteiger partial charge in [-0.15, -0.1) is 5.10 Å². The van der Waals surface area contributed by atoms with Crippen LogP contribution < -0.4 is 0 Å². The number of halogens is 3. The summed E-state index contributed by atoms with van der Waals surface area (Å²) in [5, 5.41) is 17.0. The monoisotopic (exact) mass is 345 g/mol. The number of carboxylic acid groups (broad SMARTS) is 1. The lowest BCUT2D eigenvalue weighted by Gasteiger charge is -2.21. The Morgan fingerprint density at radius 2 is 2.25 bits per heavy atom. The molecule has 0 spiro atoms. The molecule has 0 radical (unpaired) electrons. The predicted octanol–water partition coefficient (Wildman–Crippen LogP) is 2.11. The van der Waals surface area contributed by atoms with Gasteiger partial charge in [0.2, 0.25) is 0 Å². The molecular formula is C14H14F3N3O4. The molecule has 1 atom stereocenters. The number of nitrogens with zero attached hydrogens (tertiary/aromatic N) is 3. The first-order valence-electron chi connectivity index (χ1n) is 7.19. The van der Waals surface area contributed by atoms with Crippen LogP contribution in [0.15, 0.2) is 22.9 Å². The summed E-state index contributed by atoms with van der Waals surface area (Å²) in [6.07, 6.45) is -1.28. The van der Waals surface area contributed by atoms with Gasteiger partial charge in [0.1, 0.15) is 18.6 Å². The van der Waals surface area contributed by atoms with Gasteiger partial charge in [0.25, 0.3) is 0 Å². The Hall–Kier alpha value is -2.36. The molecule has 24 heavy (non-hydrogen) atoms. The van der Waals surface area contributed by atoms with Crippen molar-refractivity contribution in [2.24, 2.45) is 0 Å². The Balaban J connectivity index is 1.69. The molecule has 2 aromatic rings. The van der Waals surface area contributed by atoms with Gasteiger partial charge in [0, 0.05) is 19.2 Å². The molecule has 10 heteroatoms. The molecule has 0 bridgehead atoms. The highest BCUT2D eigenvalue weighted by Gasteiger charge is 2.43. The van der Waals surface area contributed by atoms with Gasteiger partial charge in [-0.1, -0.05) is 5.21 Å². The first-order valence-corrected chi connectivity index (χ1v) is 7.19. The van der Waals surface area contributed by atoms with Gasteiger partial charge in [0.05, 0.1) is 11.3 Å². The van der Waals surface area contributed by atoms with Gasteiger partial charge in [-0.05, 0) is 18.9 Å². The van der Waals surface area contributed by atoms with Crippen LogP contribution in [0, 0.1) is 0 Å². The van der Waals surface area contributed by atoms with Gasteiger partial charge in [-0.3, -0.25) is 0 Å². The van der Waals surface area contributed by atoms with Crippen LogP contribution in [-0.2, 0) is 28.7 Å². The fourth-order valence-electron chi connectivity index (χ4n) is 2.64. The highest BCUT2D eigenvalue weighted by molar-refractivity contribution is 5.78. The minimum absolute atomic E-state index is 0.0377. The van der Waals surface area contributed by atoms with Gasteiger partial charge in [0.15, 0.2) is 5.60 Å². The average Bonchev–Trinajstić information content (AvgIpc) is 3.20. The maximum absolute atomic E-state index is 12.5. The number of aliphatic carboxylic acids is 1. The molecule has 1 unspecified atom stereocenters.